The third-order valence-corrected chi connectivity index (χ3v) is 5.00. The zero-order chi connectivity index (χ0) is 16.1. The maximum absolute atomic E-state index is 12.3. The Bertz CT molecular complexity index is 500. The highest BCUT2D eigenvalue weighted by atomic mass is 16.5. The second-order valence-electron chi connectivity index (χ2n) is 6.88. The van der Waals surface area contributed by atoms with E-state index >= 15 is 0 Å². The fraction of sp³-hybridized carbons (Fsp3) is 0.632. The number of nitrogens with one attached hydrogen (secondary N) is 1. The molecule has 126 valence electrons. The first-order chi connectivity index (χ1) is 11.2. The minimum absolute atomic E-state index is 0.0318. The van der Waals surface area contributed by atoms with E-state index < -0.39 is 0 Å². The number of carbonyl (C=O) groups excluding carboxylic acids is 1. The largest absolute Gasteiger partial charge is 0.490 e. The summed E-state index contributed by atoms with van der Waals surface area (Å²) in [6.07, 6.45) is 9.49. The van der Waals surface area contributed by atoms with E-state index in [0.29, 0.717) is 11.7 Å². The van der Waals surface area contributed by atoms with Crippen molar-refractivity contribution in [3.63, 3.8) is 0 Å². The lowest BCUT2D eigenvalue weighted by Crippen LogP contribution is -2.38. The molecule has 0 heterocycles. The van der Waals surface area contributed by atoms with Gasteiger partial charge in [-0.1, -0.05) is 6.42 Å². The van der Waals surface area contributed by atoms with Crippen molar-refractivity contribution in [1.29, 1.82) is 0 Å². The van der Waals surface area contributed by atoms with E-state index in [-0.39, 0.29) is 18.1 Å². The number of aliphatic hydroxyl groups is 1. The lowest BCUT2D eigenvalue weighted by Gasteiger charge is -2.26. The van der Waals surface area contributed by atoms with Crippen molar-refractivity contribution >= 4 is 5.91 Å². The Morgan fingerprint density at radius 2 is 1.61 bits per heavy atom. The zero-order valence-corrected chi connectivity index (χ0v) is 13.7. The fourth-order valence-corrected chi connectivity index (χ4v) is 3.55. The molecule has 2 aliphatic rings. The Labute approximate surface area is 138 Å². The van der Waals surface area contributed by atoms with E-state index in [1.807, 2.05) is 24.3 Å². The van der Waals surface area contributed by atoms with Gasteiger partial charge in [-0.3, -0.25) is 4.79 Å². The van der Waals surface area contributed by atoms with Gasteiger partial charge in [0, 0.05) is 11.6 Å². The average molecular weight is 317 g/mol. The summed E-state index contributed by atoms with van der Waals surface area (Å²) in [4.78, 5) is 12.3. The van der Waals surface area contributed by atoms with Crippen molar-refractivity contribution in [2.45, 2.75) is 76.0 Å². The standard InChI is InChI=1S/C19H27NO3/c21-16-10-8-15(9-11-16)20-19(22)14-6-12-18(13-7-14)23-17-4-2-1-3-5-17/h6-7,12-13,15-17,21H,1-5,8-11H2,(H,20,22). The molecule has 23 heavy (non-hydrogen) atoms. The highest BCUT2D eigenvalue weighted by Crippen LogP contribution is 2.24. The van der Waals surface area contributed by atoms with Gasteiger partial charge in [0.25, 0.3) is 5.91 Å². The van der Waals surface area contributed by atoms with Crippen molar-refractivity contribution in [3.8, 4) is 5.75 Å². The number of hydrogen-bond donors (Lipinski definition) is 2. The molecule has 0 saturated heterocycles. The molecule has 0 unspecified atom stereocenters. The summed E-state index contributed by atoms with van der Waals surface area (Å²) < 4.78 is 5.99. The molecule has 0 aromatic heterocycles. The Kier molecular flexibility index (Phi) is 5.55. The Morgan fingerprint density at radius 3 is 2.26 bits per heavy atom. The summed E-state index contributed by atoms with van der Waals surface area (Å²) in [5.74, 6) is 0.824. The first-order valence-electron chi connectivity index (χ1n) is 8.96. The van der Waals surface area contributed by atoms with Crippen LogP contribution in [0, 0.1) is 0 Å². The molecule has 2 N–H and O–H groups in total. The molecular weight excluding hydrogens is 290 g/mol. The molecule has 4 heteroatoms. The van der Waals surface area contributed by atoms with Gasteiger partial charge in [-0.2, -0.15) is 0 Å². The van der Waals surface area contributed by atoms with Gasteiger partial charge in [-0.15, -0.1) is 0 Å². The van der Waals surface area contributed by atoms with Gasteiger partial charge in [-0.25, -0.2) is 0 Å². The lowest BCUT2D eigenvalue weighted by molar-refractivity contribution is 0.0867. The highest BCUT2D eigenvalue weighted by Gasteiger charge is 2.21. The maximum Gasteiger partial charge on any atom is 0.251 e. The molecular formula is C19H27NO3. The normalized spacial score (nSPS) is 25.8. The molecule has 0 spiro atoms. The van der Waals surface area contributed by atoms with Gasteiger partial charge in [0.15, 0.2) is 0 Å². The molecule has 0 radical (unpaired) electrons. The van der Waals surface area contributed by atoms with Crippen molar-refractivity contribution in [3.05, 3.63) is 29.8 Å². The molecule has 2 fully saturated rings. The topological polar surface area (TPSA) is 58.6 Å². The van der Waals surface area contributed by atoms with Crippen LogP contribution in [0.5, 0.6) is 5.75 Å². The Balaban J connectivity index is 1.50. The summed E-state index contributed by atoms with van der Waals surface area (Å²) >= 11 is 0. The summed E-state index contributed by atoms with van der Waals surface area (Å²) in [6, 6.07) is 7.66. The average Bonchev–Trinajstić information content (AvgIpc) is 2.58. The van der Waals surface area contributed by atoms with Crippen LogP contribution in [-0.2, 0) is 0 Å². The quantitative estimate of drug-likeness (QED) is 0.894. The predicted octanol–water partition coefficient (Wildman–Crippen LogP) is 3.43. The van der Waals surface area contributed by atoms with E-state index in [1.165, 1.54) is 19.3 Å². The molecule has 1 amide bonds. The minimum atomic E-state index is -0.195. The fourth-order valence-electron chi connectivity index (χ4n) is 3.55. The third kappa shape index (κ3) is 4.71. The number of amides is 1. The van der Waals surface area contributed by atoms with E-state index in [9.17, 15) is 9.90 Å². The van der Waals surface area contributed by atoms with Crippen molar-refractivity contribution in [2.24, 2.45) is 0 Å². The van der Waals surface area contributed by atoms with Gasteiger partial charge in [0.1, 0.15) is 5.75 Å². The molecule has 2 aliphatic carbocycles. The first kappa shape index (κ1) is 16.3. The second-order valence-corrected chi connectivity index (χ2v) is 6.88. The van der Waals surface area contributed by atoms with Crippen molar-refractivity contribution < 1.29 is 14.6 Å². The van der Waals surface area contributed by atoms with Crippen LogP contribution < -0.4 is 10.1 Å². The summed E-state index contributed by atoms with van der Waals surface area (Å²) in [5.41, 5.74) is 0.673. The number of hydrogen-bond acceptors (Lipinski definition) is 3. The smallest absolute Gasteiger partial charge is 0.251 e. The van der Waals surface area contributed by atoms with Gasteiger partial charge in [0.2, 0.25) is 0 Å². The Morgan fingerprint density at radius 1 is 0.957 bits per heavy atom. The van der Waals surface area contributed by atoms with Crippen LogP contribution in [0.25, 0.3) is 0 Å². The third-order valence-electron chi connectivity index (χ3n) is 5.00. The van der Waals surface area contributed by atoms with Crippen LogP contribution in [-0.4, -0.2) is 29.3 Å². The lowest BCUT2D eigenvalue weighted by atomic mass is 9.93. The number of benzene rings is 1. The maximum atomic E-state index is 12.3. The summed E-state index contributed by atoms with van der Waals surface area (Å²) in [7, 11) is 0. The molecule has 0 aliphatic heterocycles. The monoisotopic (exact) mass is 317 g/mol. The van der Waals surface area contributed by atoms with E-state index in [2.05, 4.69) is 5.32 Å². The molecule has 0 atom stereocenters. The van der Waals surface area contributed by atoms with Crippen LogP contribution in [0.4, 0.5) is 0 Å². The van der Waals surface area contributed by atoms with Crippen molar-refractivity contribution in [2.75, 3.05) is 0 Å². The number of aliphatic hydroxyl groups excluding tert-OH is 1. The Hall–Kier alpha value is -1.55. The van der Waals surface area contributed by atoms with Gasteiger partial charge < -0.3 is 15.2 Å². The van der Waals surface area contributed by atoms with Crippen LogP contribution in [0.1, 0.15) is 68.1 Å². The number of carbonyl (C=O) groups is 1. The molecule has 3 rings (SSSR count). The van der Waals surface area contributed by atoms with E-state index in [4.69, 9.17) is 4.74 Å². The molecule has 4 nitrogen and oxygen atoms in total. The van der Waals surface area contributed by atoms with Gasteiger partial charge in [0.05, 0.1) is 12.2 Å². The molecule has 1 aromatic carbocycles. The molecule has 2 saturated carbocycles. The zero-order valence-electron chi connectivity index (χ0n) is 13.7. The first-order valence-corrected chi connectivity index (χ1v) is 8.96. The summed E-state index contributed by atoms with van der Waals surface area (Å²) in [5, 5.41) is 12.6. The minimum Gasteiger partial charge on any atom is -0.490 e. The van der Waals surface area contributed by atoms with Crippen LogP contribution in [0.15, 0.2) is 24.3 Å². The van der Waals surface area contributed by atoms with E-state index in [0.717, 1.165) is 44.3 Å². The highest BCUT2D eigenvalue weighted by molar-refractivity contribution is 5.94. The summed E-state index contributed by atoms with van der Waals surface area (Å²) in [6.45, 7) is 0. The van der Waals surface area contributed by atoms with Crippen molar-refractivity contribution in [1.82, 2.24) is 5.32 Å². The number of rotatable bonds is 4. The SMILES string of the molecule is O=C(NC1CCC(O)CC1)c1ccc(OC2CCCCC2)cc1. The molecule has 1 aromatic rings. The van der Waals surface area contributed by atoms with Gasteiger partial charge in [-0.05, 0) is 75.6 Å². The van der Waals surface area contributed by atoms with Crippen LogP contribution >= 0.6 is 0 Å². The van der Waals surface area contributed by atoms with Crippen LogP contribution in [0.3, 0.4) is 0 Å². The predicted molar refractivity (Wildman–Crippen MR) is 89.7 cm³/mol. The van der Waals surface area contributed by atoms with E-state index in [1.54, 1.807) is 0 Å². The second kappa shape index (κ2) is 7.82. The van der Waals surface area contributed by atoms with Crippen LogP contribution in [0.2, 0.25) is 0 Å². The number of ether oxygens (including phenoxy) is 1. The van der Waals surface area contributed by atoms with Gasteiger partial charge >= 0.3 is 0 Å². The molecule has 0 bridgehead atoms.